The van der Waals surface area contributed by atoms with Crippen molar-refractivity contribution in [3.05, 3.63) is 65.5 Å². The van der Waals surface area contributed by atoms with Crippen molar-refractivity contribution in [1.82, 2.24) is 10.2 Å². The molecule has 186 valence electrons. The number of anilines is 1. The Labute approximate surface area is 202 Å². The van der Waals surface area contributed by atoms with E-state index in [1.807, 2.05) is 45.0 Å². The molecule has 1 N–H and O–H groups in total. The lowest BCUT2D eigenvalue weighted by molar-refractivity contribution is -0.140. The highest BCUT2D eigenvalue weighted by Gasteiger charge is 2.32. The number of carbonyl (C=O) groups excluding carboxylic acids is 2. The molecule has 7 nitrogen and oxygen atoms in total. The molecule has 2 rings (SSSR count). The molecule has 0 aliphatic heterocycles. The first-order chi connectivity index (χ1) is 15.9. The summed E-state index contributed by atoms with van der Waals surface area (Å²) >= 11 is 0. The molecular weight excluding hydrogens is 457 g/mol. The highest BCUT2D eigenvalue weighted by atomic mass is 32.2. The van der Waals surface area contributed by atoms with Crippen molar-refractivity contribution in [3.63, 3.8) is 0 Å². The van der Waals surface area contributed by atoms with E-state index in [9.17, 15) is 22.4 Å². The number of aryl methyl sites for hydroxylation is 1. The highest BCUT2D eigenvalue weighted by molar-refractivity contribution is 7.92. The number of sulfonamides is 1. The number of nitrogens with one attached hydrogen (secondary N) is 1. The molecule has 0 aliphatic carbocycles. The lowest BCUT2D eigenvalue weighted by Crippen LogP contribution is -2.52. The summed E-state index contributed by atoms with van der Waals surface area (Å²) in [6.07, 6.45) is 1.25. The van der Waals surface area contributed by atoms with Gasteiger partial charge < -0.3 is 10.2 Å². The van der Waals surface area contributed by atoms with Gasteiger partial charge in [-0.3, -0.25) is 13.9 Å². The van der Waals surface area contributed by atoms with Crippen LogP contribution in [0.25, 0.3) is 0 Å². The predicted octanol–water partition coefficient (Wildman–Crippen LogP) is 3.48. The maximum atomic E-state index is 14.4. The van der Waals surface area contributed by atoms with Gasteiger partial charge in [0.2, 0.25) is 21.8 Å². The van der Waals surface area contributed by atoms with Gasteiger partial charge >= 0.3 is 0 Å². The Morgan fingerprint density at radius 1 is 1.09 bits per heavy atom. The van der Waals surface area contributed by atoms with Crippen LogP contribution < -0.4 is 9.62 Å². The fourth-order valence-electron chi connectivity index (χ4n) is 3.60. The summed E-state index contributed by atoms with van der Waals surface area (Å²) in [6, 6.07) is 12.1. The largest absolute Gasteiger partial charge is 0.354 e. The summed E-state index contributed by atoms with van der Waals surface area (Å²) in [5, 5.41) is 2.87. The number of rotatable bonds is 11. The predicted molar refractivity (Wildman–Crippen MR) is 132 cm³/mol. The van der Waals surface area contributed by atoms with Crippen molar-refractivity contribution in [1.29, 1.82) is 0 Å². The molecule has 0 fully saturated rings. The number of para-hydroxylation sites is 1. The summed E-state index contributed by atoms with van der Waals surface area (Å²) < 4.78 is 40.2. The van der Waals surface area contributed by atoms with E-state index in [0.29, 0.717) is 13.0 Å². The standard InChI is InChI=1S/C25H34FN3O4S/c1-6-22(25(31)27-15-18(2)3)28(16-20-11-9-10-19(4)14-20)24(30)17-29(34(5,32)33)23-13-8-7-12-21(23)26/h7-14,18,22H,6,15-17H2,1-5H3,(H,27,31). The average Bonchev–Trinajstić information content (AvgIpc) is 2.75. The number of halogens is 1. The number of nitrogens with zero attached hydrogens (tertiary/aromatic N) is 2. The molecule has 2 aromatic carbocycles. The zero-order valence-corrected chi connectivity index (χ0v) is 21.2. The Morgan fingerprint density at radius 2 is 1.76 bits per heavy atom. The molecule has 0 saturated carbocycles. The van der Waals surface area contributed by atoms with Crippen LogP contribution >= 0.6 is 0 Å². The zero-order chi connectivity index (χ0) is 25.5. The quantitative estimate of drug-likeness (QED) is 0.521. The van der Waals surface area contributed by atoms with Gasteiger partial charge in [-0.1, -0.05) is 62.7 Å². The Bertz CT molecular complexity index is 1100. The van der Waals surface area contributed by atoms with Gasteiger partial charge in [-0.05, 0) is 37.0 Å². The van der Waals surface area contributed by atoms with Gasteiger partial charge in [-0.2, -0.15) is 0 Å². The second-order valence-electron chi connectivity index (χ2n) is 8.79. The average molecular weight is 492 g/mol. The minimum absolute atomic E-state index is 0.114. The first-order valence-electron chi connectivity index (χ1n) is 11.3. The molecule has 1 atom stereocenters. The van der Waals surface area contributed by atoms with Crippen molar-refractivity contribution in [2.75, 3.05) is 23.7 Å². The normalized spacial score (nSPS) is 12.3. The Morgan fingerprint density at radius 3 is 2.32 bits per heavy atom. The van der Waals surface area contributed by atoms with Crippen LogP contribution in [0.4, 0.5) is 10.1 Å². The van der Waals surface area contributed by atoms with Crippen LogP contribution in [0, 0.1) is 18.7 Å². The molecule has 34 heavy (non-hydrogen) atoms. The van der Waals surface area contributed by atoms with Crippen LogP contribution in [0.1, 0.15) is 38.3 Å². The molecule has 0 radical (unpaired) electrons. The minimum Gasteiger partial charge on any atom is -0.354 e. The molecule has 2 aromatic rings. The molecule has 0 heterocycles. The molecule has 0 saturated heterocycles. The third-order valence-electron chi connectivity index (χ3n) is 5.31. The molecule has 2 amide bonds. The van der Waals surface area contributed by atoms with Crippen LogP contribution in [0.2, 0.25) is 0 Å². The van der Waals surface area contributed by atoms with E-state index in [0.717, 1.165) is 27.8 Å². The number of benzene rings is 2. The van der Waals surface area contributed by atoms with Gasteiger partial charge in [-0.25, -0.2) is 12.8 Å². The summed E-state index contributed by atoms with van der Waals surface area (Å²) in [5.41, 5.74) is 1.58. The van der Waals surface area contributed by atoms with Crippen molar-refractivity contribution in [2.24, 2.45) is 5.92 Å². The Balaban J connectivity index is 2.43. The molecule has 0 bridgehead atoms. The Hall–Kier alpha value is -2.94. The van der Waals surface area contributed by atoms with E-state index in [1.54, 1.807) is 6.92 Å². The summed E-state index contributed by atoms with van der Waals surface area (Å²) in [6.45, 7) is 7.59. The number of carbonyl (C=O) groups is 2. The van der Waals surface area contributed by atoms with Gasteiger partial charge in [-0.15, -0.1) is 0 Å². The SMILES string of the molecule is CCC(C(=O)NCC(C)C)N(Cc1cccc(C)c1)C(=O)CN(c1ccccc1F)S(C)(=O)=O. The lowest BCUT2D eigenvalue weighted by atomic mass is 10.1. The molecule has 1 unspecified atom stereocenters. The maximum Gasteiger partial charge on any atom is 0.244 e. The monoisotopic (exact) mass is 491 g/mol. The number of hydrogen-bond acceptors (Lipinski definition) is 4. The molecule has 0 aromatic heterocycles. The smallest absolute Gasteiger partial charge is 0.244 e. The van der Waals surface area contributed by atoms with Crippen molar-refractivity contribution in [2.45, 2.75) is 46.7 Å². The van der Waals surface area contributed by atoms with Crippen LogP contribution in [-0.4, -0.2) is 50.5 Å². The van der Waals surface area contributed by atoms with Gasteiger partial charge in [0.1, 0.15) is 18.4 Å². The molecule has 0 spiro atoms. The number of hydrogen-bond donors (Lipinski definition) is 1. The van der Waals surface area contributed by atoms with E-state index in [1.165, 1.54) is 23.1 Å². The first kappa shape index (κ1) is 27.3. The highest BCUT2D eigenvalue weighted by Crippen LogP contribution is 2.22. The first-order valence-corrected chi connectivity index (χ1v) is 13.1. The lowest BCUT2D eigenvalue weighted by Gasteiger charge is -2.33. The molecule has 0 aliphatic rings. The van der Waals surface area contributed by atoms with E-state index < -0.39 is 34.3 Å². The summed E-state index contributed by atoms with van der Waals surface area (Å²) in [7, 11) is -3.98. The van der Waals surface area contributed by atoms with Crippen molar-refractivity contribution < 1.29 is 22.4 Å². The minimum atomic E-state index is -3.98. The van der Waals surface area contributed by atoms with E-state index in [2.05, 4.69) is 5.32 Å². The van der Waals surface area contributed by atoms with Crippen LogP contribution in [0.15, 0.2) is 48.5 Å². The second-order valence-corrected chi connectivity index (χ2v) is 10.7. The topological polar surface area (TPSA) is 86.8 Å². The zero-order valence-electron chi connectivity index (χ0n) is 20.4. The fourth-order valence-corrected chi connectivity index (χ4v) is 4.45. The second kappa shape index (κ2) is 12.0. The van der Waals surface area contributed by atoms with Gasteiger partial charge in [0.05, 0.1) is 11.9 Å². The molecule has 9 heteroatoms. The maximum absolute atomic E-state index is 14.4. The van der Waals surface area contributed by atoms with Gasteiger partial charge in [0.15, 0.2) is 0 Å². The van der Waals surface area contributed by atoms with Crippen LogP contribution in [-0.2, 0) is 26.2 Å². The fraction of sp³-hybridized carbons (Fsp3) is 0.440. The van der Waals surface area contributed by atoms with E-state index in [4.69, 9.17) is 0 Å². The molecular formula is C25H34FN3O4S. The van der Waals surface area contributed by atoms with Gasteiger partial charge in [0, 0.05) is 13.1 Å². The van der Waals surface area contributed by atoms with Crippen LogP contribution in [0.3, 0.4) is 0 Å². The van der Waals surface area contributed by atoms with Crippen molar-refractivity contribution in [3.8, 4) is 0 Å². The Kier molecular flexibility index (Phi) is 9.61. The summed E-state index contributed by atoms with van der Waals surface area (Å²) in [5.74, 6) is -1.44. The third kappa shape index (κ3) is 7.55. The van der Waals surface area contributed by atoms with E-state index in [-0.39, 0.29) is 24.1 Å². The van der Waals surface area contributed by atoms with Gasteiger partial charge in [0.25, 0.3) is 0 Å². The third-order valence-corrected chi connectivity index (χ3v) is 6.43. The van der Waals surface area contributed by atoms with Crippen molar-refractivity contribution >= 4 is 27.5 Å². The number of amides is 2. The van der Waals surface area contributed by atoms with Crippen LogP contribution in [0.5, 0.6) is 0 Å². The summed E-state index contributed by atoms with van der Waals surface area (Å²) in [4.78, 5) is 27.9. The van der Waals surface area contributed by atoms with E-state index >= 15 is 0 Å².